The fourth-order valence-electron chi connectivity index (χ4n) is 2.79. The van der Waals surface area contributed by atoms with Gasteiger partial charge < -0.3 is 11.1 Å². The van der Waals surface area contributed by atoms with E-state index in [0.717, 1.165) is 25.0 Å². The molecule has 4 heteroatoms. The minimum atomic E-state index is 0.185. The molecule has 3 N–H and O–H groups in total. The lowest BCUT2D eigenvalue weighted by Crippen LogP contribution is -2.43. The second-order valence-electron chi connectivity index (χ2n) is 4.96. The SMILES string of the molecule is NCC1CCCCC1C(=O)NC1CCSC1. The average Bonchev–Trinajstić information content (AvgIpc) is 2.81. The highest BCUT2D eigenvalue weighted by molar-refractivity contribution is 7.99. The van der Waals surface area contributed by atoms with Gasteiger partial charge in [-0.2, -0.15) is 11.8 Å². The zero-order chi connectivity index (χ0) is 11.4. The molecule has 0 bridgehead atoms. The molecule has 3 atom stereocenters. The molecule has 2 fully saturated rings. The first-order valence-corrected chi connectivity index (χ1v) is 7.55. The summed E-state index contributed by atoms with van der Waals surface area (Å²) < 4.78 is 0. The number of nitrogens with one attached hydrogen (secondary N) is 1. The van der Waals surface area contributed by atoms with E-state index in [1.807, 2.05) is 11.8 Å². The maximum absolute atomic E-state index is 12.1. The Balaban J connectivity index is 1.86. The molecule has 3 nitrogen and oxygen atoms in total. The van der Waals surface area contributed by atoms with Gasteiger partial charge in [0.2, 0.25) is 5.91 Å². The summed E-state index contributed by atoms with van der Waals surface area (Å²) in [6.07, 6.45) is 5.73. The van der Waals surface area contributed by atoms with Crippen molar-refractivity contribution in [3.8, 4) is 0 Å². The molecule has 2 rings (SSSR count). The van der Waals surface area contributed by atoms with Crippen molar-refractivity contribution in [2.75, 3.05) is 18.1 Å². The molecule has 1 aliphatic heterocycles. The van der Waals surface area contributed by atoms with Crippen LogP contribution in [0.2, 0.25) is 0 Å². The van der Waals surface area contributed by atoms with Gasteiger partial charge in [-0.25, -0.2) is 0 Å². The van der Waals surface area contributed by atoms with Crippen molar-refractivity contribution < 1.29 is 4.79 Å². The second-order valence-corrected chi connectivity index (χ2v) is 6.11. The summed E-state index contributed by atoms with van der Waals surface area (Å²) in [4.78, 5) is 12.1. The number of carbonyl (C=O) groups is 1. The van der Waals surface area contributed by atoms with Gasteiger partial charge in [-0.3, -0.25) is 4.79 Å². The third-order valence-corrected chi connectivity index (χ3v) is 4.99. The van der Waals surface area contributed by atoms with Gasteiger partial charge in [-0.05, 0) is 37.5 Å². The van der Waals surface area contributed by atoms with E-state index in [9.17, 15) is 4.79 Å². The predicted octanol–water partition coefficient (Wildman–Crippen LogP) is 1.37. The monoisotopic (exact) mass is 242 g/mol. The average molecular weight is 242 g/mol. The third kappa shape index (κ3) is 2.92. The van der Waals surface area contributed by atoms with E-state index >= 15 is 0 Å². The Hall–Kier alpha value is -0.220. The molecule has 1 aliphatic carbocycles. The molecule has 0 radical (unpaired) electrons. The fourth-order valence-corrected chi connectivity index (χ4v) is 3.94. The van der Waals surface area contributed by atoms with E-state index in [1.54, 1.807) is 0 Å². The summed E-state index contributed by atoms with van der Waals surface area (Å²) in [5.41, 5.74) is 5.76. The van der Waals surface area contributed by atoms with Crippen LogP contribution in [0.5, 0.6) is 0 Å². The minimum absolute atomic E-state index is 0.185. The Labute approximate surface area is 102 Å². The van der Waals surface area contributed by atoms with E-state index in [0.29, 0.717) is 18.5 Å². The van der Waals surface area contributed by atoms with Gasteiger partial charge >= 0.3 is 0 Å². The Kier molecular flexibility index (Phi) is 4.53. The molecule has 1 saturated carbocycles. The molecular formula is C12H22N2OS. The van der Waals surface area contributed by atoms with Crippen LogP contribution in [0.3, 0.4) is 0 Å². The van der Waals surface area contributed by atoms with Gasteiger partial charge in [0.15, 0.2) is 0 Å². The first-order valence-electron chi connectivity index (χ1n) is 6.39. The number of amides is 1. The molecule has 3 unspecified atom stereocenters. The lowest BCUT2D eigenvalue weighted by Gasteiger charge is -2.30. The zero-order valence-corrected chi connectivity index (χ0v) is 10.6. The quantitative estimate of drug-likeness (QED) is 0.786. The fraction of sp³-hybridized carbons (Fsp3) is 0.917. The normalized spacial score (nSPS) is 34.9. The molecule has 1 saturated heterocycles. The van der Waals surface area contributed by atoms with Gasteiger partial charge in [-0.15, -0.1) is 0 Å². The third-order valence-electron chi connectivity index (χ3n) is 3.82. The number of hydrogen-bond acceptors (Lipinski definition) is 3. The number of carbonyl (C=O) groups excluding carboxylic acids is 1. The standard InChI is InChI=1S/C12H22N2OS/c13-7-9-3-1-2-4-11(9)12(15)14-10-5-6-16-8-10/h9-11H,1-8,13H2,(H,14,15). The maximum atomic E-state index is 12.1. The predicted molar refractivity (Wildman–Crippen MR) is 68.4 cm³/mol. The van der Waals surface area contributed by atoms with Crippen LogP contribution in [0.15, 0.2) is 0 Å². The summed E-state index contributed by atoms with van der Waals surface area (Å²) in [6, 6.07) is 0.415. The summed E-state index contributed by atoms with van der Waals surface area (Å²) in [5, 5.41) is 3.20. The van der Waals surface area contributed by atoms with Crippen LogP contribution in [-0.4, -0.2) is 30.0 Å². The van der Waals surface area contributed by atoms with Crippen LogP contribution in [0.25, 0.3) is 0 Å². The lowest BCUT2D eigenvalue weighted by molar-refractivity contribution is -0.128. The summed E-state index contributed by atoms with van der Waals surface area (Å²) in [7, 11) is 0. The summed E-state index contributed by atoms with van der Waals surface area (Å²) in [5.74, 6) is 3.15. The molecule has 2 aliphatic rings. The van der Waals surface area contributed by atoms with Gasteiger partial charge in [-0.1, -0.05) is 12.8 Å². The number of thioether (sulfide) groups is 1. The van der Waals surface area contributed by atoms with Gasteiger partial charge in [0.25, 0.3) is 0 Å². The molecule has 0 aromatic carbocycles. The first-order chi connectivity index (χ1) is 7.81. The van der Waals surface area contributed by atoms with E-state index in [1.165, 1.54) is 18.6 Å². The van der Waals surface area contributed by atoms with Crippen molar-refractivity contribution >= 4 is 17.7 Å². The van der Waals surface area contributed by atoms with Gasteiger partial charge in [0.1, 0.15) is 0 Å². The van der Waals surface area contributed by atoms with Crippen molar-refractivity contribution in [1.29, 1.82) is 0 Å². The lowest BCUT2D eigenvalue weighted by atomic mass is 9.78. The van der Waals surface area contributed by atoms with Crippen molar-refractivity contribution in [3.05, 3.63) is 0 Å². The molecular weight excluding hydrogens is 220 g/mol. The van der Waals surface area contributed by atoms with Gasteiger partial charge in [0.05, 0.1) is 0 Å². The van der Waals surface area contributed by atoms with Crippen LogP contribution in [0.4, 0.5) is 0 Å². The highest BCUT2D eigenvalue weighted by atomic mass is 32.2. The van der Waals surface area contributed by atoms with E-state index in [4.69, 9.17) is 5.73 Å². The molecule has 92 valence electrons. The van der Waals surface area contributed by atoms with Crippen LogP contribution in [0, 0.1) is 11.8 Å². The molecule has 1 amide bonds. The van der Waals surface area contributed by atoms with E-state index in [-0.39, 0.29) is 11.8 Å². The minimum Gasteiger partial charge on any atom is -0.352 e. The Morgan fingerprint density at radius 3 is 2.81 bits per heavy atom. The molecule has 0 aromatic heterocycles. The summed E-state index contributed by atoms with van der Waals surface area (Å²) >= 11 is 1.94. The molecule has 0 aromatic rings. The van der Waals surface area contributed by atoms with Crippen LogP contribution in [0.1, 0.15) is 32.1 Å². The van der Waals surface area contributed by atoms with Crippen molar-refractivity contribution in [1.82, 2.24) is 5.32 Å². The smallest absolute Gasteiger partial charge is 0.223 e. The van der Waals surface area contributed by atoms with Crippen molar-refractivity contribution in [2.45, 2.75) is 38.1 Å². The summed E-state index contributed by atoms with van der Waals surface area (Å²) in [6.45, 7) is 0.664. The van der Waals surface area contributed by atoms with Crippen LogP contribution in [-0.2, 0) is 4.79 Å². The van der Waals surface area contributed by atoms with Crippen molar-refractivity contribution in [2.24, 2.45) is 17.6 Å². The number of hydrogen-bond donors (Lipinski definition) is 2. The molecule has 16 heavy (non-hydrogen) atoms. The number of rotatable bonds is 3. The van der Waals surface area contributed by atoms with Crippen LogP contribution < -0.4 is 11.1 Å². The van der Waals surface area contributed by atoms with Crippen molar-refractivity contribution in [3.63, 3.8) is 0 Å². The number of nitrogens with two attached hydrogens (primary N) is 1. The Morgan fingerprint density at radius 1 is 1.31 bits per heavy atom. The maximum Gasteiger partial charge on any atom is 0.223 e. The van der Waals surface area contributed by atoms with E-state index < -0.39 is 0 Å². The van der Waals surface area contributed by atoms with Gasteiger partial charge in [0, 0.05) is 17.7 Å². The first kappa shape index (κ1) is 12.2. The highest BCUT2D eigenvalue weighted by Gasteiger charge is 2.31. The molecule has 0 spiro atoms. The topological polar surface area (TPSA) is 55.1 Å². The van der Waals surface area contributed by atoms with E-state index in [2.05, 4.69) is 5.32 Å². The zero-order valence-electron chi connectivity index (χ0n) is 9.78. The second kappa shape index (κ2) is 5.92. The Morgan fingerprint density at radius 2 is 2.12 bits per heavy atom. The largest absolute Gasteiger partial charge is 0.352 e. The Bertz CT molecular complexity index is 241. The highest BCUT2D eigenvalue weighted by Crippen LogP contribution is 2.30. The van der Waals surface area contributed by atoms with Crippen LogP contribution >= 0.6 is 11.8 Å². The molecule has 1 heterocycles.